The Morgan fingerprint density at radius 3 is 2.67 bits per heavy atom. The maximum absolute atomic E-state index is 14.8. The second-order valence-corrected chi connectivity index (χ2v) is 7.63. The highest BCUT2D eigenvalue weighted by Crippen LogP contribution is 2.33. The topological polar surface area (TPSA) is 119 Å². The predicted molar refractivity (Wildman–Crippen MR) is 83.0 cm³/mol. The van der Waals surface area contributed by atoms with Crippen LogP contribution in [0.5, 0.6) is 0 Å². The lowest BCUT2D eigenvalue weighted by molar-refractivity contribution is -0.0546. The van der Waals surface area contributed by atoms with Crippen LogP contribution in [0.3, 0.4) is 0 Å². The van der Waals surface area contributed by atoms with E-state index in [1.165, 1.54) is 0 Å². The molecule has 0 unspecified atom stereocenters. The van der Waals surface area contributed by atoms with E-state index < -0.39 is 45.9 Å². The molecule has 0 aliphatic carbocycles. The summed E-state index contributed by atoms with van der Waals surface area (Å²) in [4.78, 5) is 25.0. The van der Waals surface area contributed by atoms with Gasteiger partial charge in [-0.15, -0.1) is 0 Å². The molecule has 0 radical (unpaired) electrons. The largest absolute Gasteiger partial charge is 0.370 e. The van der Waals surface area contributed by atoms with Gasteiger partial charge >= 0.3 is 5.69 Å². The monoisotopic (exact) mass is 365 g/mol. The number of hydrogen-bond acceptors (Lipinski definition) is 6. The number of nitrogens with zero attached hydrogens (tertiary/aromatic N) is 1. The van der Waals surface area contributed by atoms with E-state index in [0.717, 1.165) is 23.1 Å². The van der Waals surface area contributed by atoms with Gasteiger partial charge in [0, 0.05) is 18.8 Å². The third-order valence-corrected chi connectivity index (χ3v) is 4.06. The third kappa shape index (κ3) is 4.50. The van der Waals surface area contributed by atoms with E-state index >= 15 is 0 Å². The zero-order valence-corrected chi connectivity index (χ0v) is 14.2. The molecule has 0 amide bonds. The van der Waals surface area contributed by atoms with Gasteiger partial charge in [0.05, 0.1) is 12.4 Å². The molecule has 0 aromatic carbocycles. The summed E-state index contributed by atoms with van der Waals surface area (Å²) in [5.41, 5.74) is -1.44. The fourth-order valence-electron chi connectivity index (χ4n) is 2.42. The molecule has 2 N–H and O–H groups in total. The molecule has 1 aliphatic rings. The normalized spacial score (nSPS) is 27.7. The van der Waals surface area contributed by atoms with Crippen molar-refractivity contribution < 1.29 is 22.3 Å². The summed E-state index contributed by atoms with van der Waals surface area (Å²) in [5, 5.41) is 0. The fourth-order valence-corrected chi connectivity index (χ4v) is 2.89. The van der Waals surface area contributed by atoms with E-state index in [-0.39, 0.29) is 12.6 Å². The predicted octanol–water partition coefficient (Wildman–Crippen LogP) is -0.885. The Kier molecular flexibility index (Phi) is 5.58. The quantitative estimate of drug-likeness (QED) is 0.675. The number of alkyl halides is 1. The van der Waals surface area contributed by atoms with E-state index in [9.17, 15) is 22.4 Å². The Balaban J connectivity index is 2.28. The first-order valence-corrected chi connectivity index (χ1v) is 9.18. The van der Waals surface area contributed by atoms with E-state index in [2.05, 4.69) is 4.72 Å². The number of sulfonamides is 1. The SMILES string of the molecule is CC(C)O[C@H]1[C@@H](F)[C@H](n2ccc(=O)[nH]c2=O)O[C@@H]1CNS(C)(=O)=O. The maximum Gasteiger partial charge on any atom is 0.330 e. The van der Waals surface area contributed by atoms with Crippen molar-refractivity contribution in [2.75, 3.05) is 12.8 Å². The van der Waals surface area contributed by atoms with Crippen molar-refractivity contribution in [2.45, 2.75) is 44.6 Å². The molecule has 2 rings (SSSR count). The number of ether oxygens (including phenoxy) is 2. The summed E-state index contributed by atoms with van der Waals surface area (Å²) in [6.45, 7) is 3.20. The number of H-pyrrole nitrogens is 1. The Bertz CT molecular complexity index is 789. The Hall–Kier alpha value is -1.56. The first-order chi connectivity index (χ1) is 11.1. The van der Waals surface area contributed by atoms with Crippen molar-refractivity contribution in [2.24, 2.45) is 0 Å². The van der Waals surface area contributed by atoms with Crippen LogP contribution in [0.15, 0.2) is 21.9 Å². The molecule has 0 spiro atoms. The minimum absolute atomic E-state index is 0.203. The van der Waals surface area contributed by atoms with Crippen LogP contribution in [-0.2, 0) is 19.5 Å². The van der Waals surface area contributed by atoms with Crippen molar-refractivity contribution in [1.82, 2.24) is 14.3 Å². The van der Waals surface area contributed by atoms with Gasteiger partial charge in [0.1, 0.15) is 12.2 Å². The van der Waals surface area contributed by atoms with Crippen molar-refractivity contribution in [3.8, 4) is 0 Å². The summed E-state index contributed by atoms with van der Waals surface area (Å²) in [5.74, 6) is 0. The highest BCUT2D eigenvalue weighted by atomic mass is 32.2. The van der Waals surface area contributed by atoms with Crippen LogP contribution in [-0.4, -0.2) is 55.3 Å². The number of rotatable bonds is 6. The van der Waals surface area contributed by atoms with Crippen LogP contribution >= 0.6 is 0 Å². The van der Waals surface area contributed by atoms with Gasteiger partial charge in [-0.3, -0.25) is 14.3 Å². The van der Waals surface area contributed by atoms with E-state index in [1.54, 1.807) is 13.8 Å². The molecule has 0 bridgehead atoms. The average Bonchev–Trinajstić information content (AvgIpc) is 2.73. The standard InChI is InChI=1S/C13H20FN3O6S/c1-7(2)22-11-8(6-15-24(3,20)21)23-12(10(11)14)17-5-4-9(18)16-13(17)19/h4-5,7-8,10-12,15H,6H2,1-3H3,(H,16,18,19)/t8-,10-,11-,12-/m1/s1. The van der Waals surface area contributed by atoms with Crippen LogP contribution in [0.4, 0.5) is 4.39 Å². The lowest BCUT2D eigenvalue weighted by Crippen LogP contribution is -2.41. The van der Waals surface area contributed by atoms with Crippen molar-refractivity contribution in [3.63, 3.8) is 0 Å². The minimum Gasteiger partial charge on any atom is -0.370 e. The van der Waals surface area contributed by atoms with Crippen LogP contribution in [0.25, 0.3) is 0 Å². The van der Waals surface area contributed by atoms with Gasteiger partial charge in [-0.1, -0.05) is 0 Å². The minimum atomic E-state index is -3.50. The van der Waals surface area contributed by atoms with Crippen molar-refractivity contribution in [3.05, 3.63) is 33.1 Å². The van der Waals surface area contributed by atoms with E-state index in [1.807, 2.05) is 4.98 Å². The lowest BCUT2D eigenvalue weighted by atomic mass is 10.1. The first kappa shape index (κ1) is 18.8. The summed E-state index contributed by atoms with van der Waals surface area (Å²) < 4.78 is 51.4. The molecule has 1 fully saturated rings. The number of nitrogens with one attached hydrogen (secondary N) is 2. The van der Waals surface area contributed by atoms with Gasteiger partial charge in [-0.2, -0.15) is 0 Å². The van der Waals surface area contributed by atoms with Crippen LogP contribution in [0.2, 0.25) is 0 Å². The molecule has 1 aromatic rings. The summed E-state index contributed by atoms with van der Waals surface area (Å²) >= 11 is 0. The molecule has 1 aromatic heterocycles. The number of aromatic amines is 1. The fraction of sp³-hybridized carbons (Fsp3) is 0.692. The molecule has 1 aliphatic heterocycles. The van der Waals surface area contributed by atoms with Gasteiger partial charge in [0.25, 0.3) is 5.56 Å². The maximum atomic E-state index is 14.8. The summed E-state index contributed by atoms with van der Waals surface area (Å²) in [7, 11) is -3.50. The molecule has 136 valence electrons. The Morgan fingerprint density at radius 1 is 1.46 bits per heavy atom. The smallest absolute Gasteiger partial charge is 0.330 e. The van der Waals surface area contributed by atoms with Gasteiger partial charge in [-0.05, 0) is 13.8 Å². The summed E-state index contributed by atoms with van der Waals surface area (Å²) in [6.07, 6.45) is -3.28. The van der Waals surface area contributed by atoms with Crippen LogP contribution < -0.4 is 16.0 Å². The van der Waals surface area contributed by atoms with Gasteiger partial charge in [0.2, 0.25) is 10.0 Å². The zero-order chi connectivity index (χ0) is 18.1. The molecule has 2 heterocycles. The number of aromatic nitrogens is 2. The molecule has 9 nitrogen and oxygen atoms in total. The lowest BCUT2D eigenvalue weighted by Gasteiger charge is -2.22. The molecular weight excluding hydrogens is 345 g/mol. The molecule has 1 saturated heterocycles. The highest BCUT2D eigenvalue weighted by molar-refractivity contribution is 7.88. The van der Waals surface area contributed by atoms with E-state index in [0.29, 0.717) is 0 Å². The number of halogens is 1. The molecular formula is C13H20FN3O6S. The average molecular weight is 365 g/mol. The molecule has 11 heteroatoms. The molecule has 0 saturated carbocycles. The van der Waals surface area contributed by atoms with Crippen LogP contribution in [0, 0.1) is 0 Å². The zero-order valence-electron chi connectivity index (χ0n) is 13.4. The Labute approximate surface area is 137 Å². The second kappa shape index (κ2) is 7.13. The first-order valence-electron chi connectivity index (χ1n) is 7.29. The van der Waals surface area contributed by atoms with Gasteiger partial charge in [0.15, 0.2) is 12.4 Å². The molecule has 24 heavy (non-hydrogen) atoms. The van der Waals surface area contributed by atoms with E-state index in [4.69, 9.17) is 9.47 Å². The van der Waals surface area contributed by atoms with Crippen LogP contribution in [0.1, 0.15) is 20.1 Å². The third-order valence-electron chi connectivity index (χ3n) is 3.37. The Morgan fingerprint density at radius 2 is 2.12 bits per heavy atom. The number of hydrogen-bond donors (Lipinski definition) is 2. The molecule has 4 atom stereocenters. The van der Waals surface area contributed by atoms with Gasteiger partial charge < -0.3 is 9.47 Å². The van der Waals surface area contributed by atoms with Crippen molar-refractivity contribution in [1.29, 1.82) is 0 Å². The highest BCUT2D eigenvalue weighted by Gasteiger charge is 2.47. The second-order valence-electron chi connectivity index (χ2n) is 5.80. The van der Waals surface area contributed by atoms with Gasteiger partial charge in [-0.25, -0.2) is 22.3 Å². The summed E-state index contributed by atoms with van der Waals surface area (Å²) in [6, 6.07) is 1.07. The van der Waals surface area contributed by atoms with Crippen molar-refractivity contribution >= 4 is 10.0 Å².